The monoisotopic (exact) mass is 316 g/mol. The summed E-state index contributed by atoms with van der Waals surface area (Å²) in [6.07, 6.45) is 2.96. The van der Waals surface area contributed by atoms with Crippen molar-refractivity contribution < 1.29 is 26.3 Å². The number of sulfone groups is 1. The Hall–Kier alpha value is -0.570. The summed E-state index contributed by atoms with van der Waals surface area (Å²) in [4.78, 5) is 0. The van der Waals surface area contributed by atoms with E-state index >= 15 is 0 Å². The van der Waals surface area contributed by atoms with Crippen molar-refractivity contribution >= 4 is 29.6 Å². The van der Waals surface area contributed by atoms with Crippen LogP contribution in [0.4, 0.5) is 0 Å². The number of ether oxygens (including phenoxy) is 2. The molecule has 0 N–H and O–H groups in total. The van der Waals surface area contributed by atoms with E-state index < -0.39 is 29.1 Å². The van der Waals surface area contributed by atoms with Gasteiger partial charge in [-0.25, -0.2) is 16.8 Å². The minimum absolute atomic E-state index is 0.293. The van der Waals surface area contributed by atoms with Crippen molar-refractivity contribution in [3.63, 3.8) is 0 Å². The maximum Gasteiger partial charge on any atom is 0.259 e. The number of allylic oxidation sites excluding steroid dienone is 1. The topological polar surface area (TPSA) is 86.7 Å². The van der Waals surface area contributed by atoms with Gasteiger partial charge in [-0.1, -0.05) is 0 Å². The number of hydrogen-bond acceptors (Lipinski definition) is 6. The summed E-state index contributed by atoms with van der Waals surface area (Å²) >= 11 is 0. The van der Waals surface area contributed by atoms with Crippen molar-refractivity contribution in [2.45, 2.75) is 10.2 Å². The molecule has 0 spiro atoms. The van der Waals surface area contributed by atoms with Gasteiger partial charge in [0.1, 0.15) is 11.9 Å². The number of methoxy groups -OCH3 is 2. The predicted molar refractivity (Wildman–Crippen MR) is 67.4 cm³/mol. The Morgan fingerprint density at radius 1 is 1.28 bits per heavy atom. The number of halogens is 1. The Kier molecular flexibility index (Phi) is 4.16. The van der Waals surface area contributed by atoms with Crippen LogP contribution in [0.15, 0.2) is 24.0 Å². The highest BCUT2D eigenvalue weighted by Gasteiger charge is 2.57. The summed E-state index contributed by atoms with van der Waals surface area (Å²) in [6, 6.07) is 0. The molecular formula is C9H13ClO6S2. The summed E-state index contributed by atoms with van der Waals surface area (Å²) < 4.78 is 54.6. The van der Waals surface area contributed by atoms with E-state index in [-0.39, 0.29) is 0 Å². The minimum Gasteiger partial charge on any atom is -0.497 e. The Labute approximate surface area is 111 Å². The zero-order chi connectivity index (χ0) is 14.2. The van der Waals surface area contributed by atoms with E-state index in [1.54, 1.807) is 0 Å². The van der Waals surface area contributed by atoms with Crippen molar-refractivity contribution in [1.82, 2.24) is 0 Å². The molecule has 0 aromatic rings. The van der Waals surface area contributed by atoms with Crippen LogP contribution < -0.4 is 0 Å². The molecule has 0 saturated carbocycles. The highest BCUT2D eigenvalue weighted by Crippen LogP contribution is 2.38. The molecule has 6 nitrogen and oxygen atoms in total. The SMILES string of the molecule is COC1=CC(OC)C(S(C)(=O)=O)(S(=O)(=O)Cl)C=C1. The van der Waals surface area contributed by atoms with Gasteiger partial charge in [0.25, 0.3) is 9.05 Å². The third kappa shape index (κ3) is 2.29. The van der Waals surface area contributed by atoms with Crippen LogP contribution in [0.3, 0.4) is 0 Å². The molecule has 9 heteroatoms. The predicted octanol–water partition coefficient (Wildman–Crippen LogP) is 0.411. The molecule has 0 saturated heterocycles. The first kappa shape index (κ1) is 15.5. The molecule has 0 aliphatic heterocycles. The molecule has 0 bridgehead atoms. The van der Waals surface area contributed by atoms with Gasteiger partial charge in [-0.3, -0.25) is 0 Å². The summed E-state index contributed by atoms with van der Waals surface area (Å²) in [5.41, 5.74) is 0. The molecule has 0 aromatic heterocycles. The molecule has 2 unspecified atom stereocenters. The van der Waals surface area contributed by atoms with E-state index in [4.69, 9.17) is 20.2 Å². The lowest BCUT2D eigenvalue weighted by molar-refractivity contribution is 0.129. The molecule has 0 amide bonds. The van der Waals surface area contributed by atoms with Gasteiger partial charge >= 0.3 is 0 Å². The molecule has 1 aliphatic carbocycles. The van der Waals surface area contributed by atoms with E-state index in [0.717, 1.165) is 12.3 Å². The molecule has 104 valence electrons. The maximum absolute atomic E-state index is 11.9. The molecule has 0 fully saturated rings. The molecular weight excluding hydrogens is 304 g/mol. The zero-order valence-corrected chi connectivity index (χ0v) is 12.3. The molecule has 18 heavy (non-hydrogen) atoms. The maximum atomic E-state index is 11.9. The fraction of sp³-hybridized carbons (Fsp3) is 0.556. The smallest absolute Gasteiger partial charge is 0.259 e. The van der Waals surface area contributed by atoms with Crippen LogP contribution in [0.2, 0.25) is 0 Å². The van der Waals surface area contributed by atoms with E-state index in [2.05, 4.69) is 0 Å². The molecule has 1 aliphatic rings. The lowest BCUT2D eigenvalue weighted by atomic mass is 10.1. The third-order valence-electron chi connectivity index (χ3n) is 2.64. The third-order valence-corrected chi connectivity index (χ3v) is 7.91. The lowest BCUT2D eigenvalue weighted by Gasteiger charge is -2.33. The van der Waals surface area contributed by atoms with Gasteiger partial charge in [-0.2, -0.15) is 0 Å². The molecule has 2 atom stereocenters. The Bertz CT molecular complexity index is 555. The summed E-state index contributed by atoms with van der Waals surface area (Å²) in [5, 5.41) is 0. The fourth-order valence-electron chi connectivity index (χ4n) is 1.72. The summed E-state index contributed by atoms with van der Waals surface area (Å²) in [5.74, 6) is 0.293. The second-order valence-electron chi connectivity index (χ2n) is 3.69. The van der Waals surface area contributed by atoms with Crippen LogP contribution in [-0.2, 0) is 28.4 Å². The molecule has 0 aromatic carbocycles. The zero-order valence-electron chi connectivity index (χ0n) is 9.95. The first-order valence-corrected chi connectivity index (χ1v) is 8.92. The second kappa shape index (κ2) is 4.84. The first-order chi connectivity index (χ1) is 8.10. The van der Waals surface area contributed by atoms with Gasteiger partial charge in [-0.15, -0.1) is 0 Å². The number of rotatable bonds is 4. The largest absolute Gasteiger partial charge is 0.497 e. The number of hydrogen-bond donors (Lipinski definition) is 0. The standard InChI is InChI=1S/C9H13ClO6S2/c1-15-7-4-5-9(17(3,11)12,18(10,13)14)8(6-7)16-2/h4-6,8H,1-3H3. The van der Waals surface area contributed by atoms with Gasteiger partial charge in [-0.05, 0) is 18.2 Å². The highest BCUT2D eigenvalue weighted by molar-refractivity contribution is 8.23. The molecule has 1 rings (SSSR count). The van der Waals surface area contributed by atoms with Crippen LogP contribution in [0.25, 0.3) is 0 Å². The van der Waals surface area contributed by atoms with Crippen LogP contribution in [-0.4, -0.2) is 47.5 Å². The van der Waals surface area contributed by atoms with Crippen LogP contribution in [0.1, 0.15) is 0 Å². The summed E-state index contributed by atoms with van der Waals surface area (Å²) in [7, 11) is -0.670. The van der Waals surface area contributed by atoms with Crippen LogP contribution >= 0.6 is 10.7 Å². The van der Waals surface area contributed by atoms with E-state index in [1.807, 2.05) is 0 Å². The van der Waals surface area contributed by atoms with Gasteiger partial charge in [0.15, 0.2) is 9.84 Å². The van der Waals surface area contributed by atoms with E-state index in [1.165, 1.54) is 26.4 Å². The van der Waals surface area contributed by atoms with Crippen molar-refractivity contribution in [3.05, 3.63) is 24.0 Å². The lowest BCUT2D eigenvalue weighted by Crippen LogP contribution is -2.52. The summed E-state index contributed by atoms with van der Waals surface area (Å²) in [6.45, 7) is 0. The first-order valence-electron chi connectivity index (χ1n) is 4.72. The van der Waals surface area contributed by atoms with Gasteiger partial charge in [0.2, 0.25) is 4.08 Å². The normalized spacial score (nSPS) is 28.9. The van der Waals surface area contributed by atoms with Crippen LogP contribution in [0.5, 0.6) is 0 Å². The molecule has 0 heterocycles. The van der Waals surface area contributed by atoms with Crippen molar-refractivity contribution in [3.8, 4) is 0 Å². The quantitative estimate of drug-likeness (QED) is 0.698. The Morgan fingerprint density at radius 2 is 1.83 bits per heavy atom. The second-order valence-corrected chi connectivity index (χ2v) is 8.94. The van der Waals surface area contributed by atoms with Crippen molar-refractivity contribution in [1.29, 1.82) is 0 Å². The minimum atomic E-state index is -4.47. The molecule has 0 radical (unpaired) electrons. The van der Waals surface area contributed by atoms with E-state index in [9.17, 15) is 16.8 Å². The Balaban J connectivity index is 3.59. The van der Waals surface area contributed by atoms with Crippen LogP contribution in [0, 0.1) is 0 Å². The highest BCUT2D eigenvalue weighted by atomic mass is 35.7. The van der Waals surface area contributed by atoms with Gasteiger partial charge in [0, 0.05) is 24.0 Å². The average Bonchev–Trinajstić information content (AvgIpc) is 2.24. The average molecular weight is 317 g/mol. The fourth-order valence-corrected chi connectivity index (χ4v) is 6.19. The van der Waals surface area contributed by atoms with Crippen molar-refractivity contribution in [2.75, 3.05) is 20.5 Å². The van der Waals surface area contributed by atoms with Crippen molar-refractivity contribution in [2.24, 2.45) is 0 Å². The Morgan fingerprint density at radius 3 is 2.17 bits per heavy atom. The van der Waals surface area contributed by atoms with Gasteiger partial charge in [0.05, 0.1) is 7.11 Å². The van der Waals surface area contributed by atoms with E-state index in [0.29, 0.717) is 5.76 Å². The van der Waals surface area contributed by atoms with Gasteiger partial charge < -0.3 is 9.47 Å².